The largest absolute Gasteiger partial charge is 0.489 e. The number of nitrogens with zero attached hydrogens (tertiary/aromatic N) is 2. The highest BCUT2D eigenvalue weighted by molar-refractivity contribution is 5.89. The van der Waals surface area contributed by atoms with Gasteiger partial charge in [-0.05, 0) is 60.0 Å². The van der Waals surface area contributed by atoms with Gasteiger partial charge in [-0.2, -0.15) is 5.10 Å². The molecule has 192 valence electrons. The minimum absolute atomic E-state index is 0.116. The summed E-state index contributed by atoms with van der Waals surface area (Å²) in [5, 5.41) is 24.5. The van der Waals surface area contributed by atoms with Crippen molar-refractivity contribution in [2.45, 2.75) is 26.0 Å². The van der Waals surface area contributed by atoms with Crippen LogP contribution in [0.3, 0.4) is 0 Å². The average Bonchev–Trinajstić information content (AvgIpc) is 3.36. The Morgan fingerprint density at radius 2 is 1.76 bits per heavy atom. The number of carbonyl (C=O) groups is 1. The molecule has 1 unspecified atom stereocenters. The number of hydrogen-bond donors (Lipinski definition) is 3. The zero-order chi connectivity index (χ0) is 26.6. The number of aromatic nitrogens is 2. The second-order valence-electron chi connectivity index (χ2n) is 9.34. The van der Waals surface area contributed by atoms with E-state index in [9.17, 15) is 15.0 Å². The van der Waals surface area contributed by atoms with Crippen molar-refractivity contribution in [2.75, 3.05) is 6.61 Å². The predicted octanol–water partition coefficient (Wildman–Crippen LogP) is 5.20. The van der Waals surface area contributed by atoms with Crippen LogP contribution in [0.25, 0.3) is 27.7 Å². The van der Waals surface area contributed by atoms with Crippen LogP contribution >= 0.6 is 0 Å². The second kappa shape index (κ2) is 10.9. The first-order chi connectivity index (χ1) is 18.4. The molecule has 0 aliphatic rings. The molecule has 0 saturated carbocycles. The number of carboxylic acids is 1. The van der Waals surface area contributed by atoms with Gasteiger partial charge in [0.1, 0.15) is 12.4 Å². The van der Waals surface area contributed by atoms with Gasteiger partial charge in [0, 0.05) is 16.5 Å². The Morgan fingerprint density at radius 1 is 0.974 bits per heavy atom. The van der Waals surface area contributed by atoms with Crippen molar-refractivity contribution in [1.82, 2.24) is 9.78 Å². The van der Waals surface area contributed by atoms with Crippen LogP contribution in [0.15, 0.2) is 91.1 Å². The van der Waals surface area contributed by atoms with Gasteiger partial charge in [0.25, 0.3) is 0 Å². The smallest absolute Gasteiger partial charge is 0.307 e. The SMILES string of the molecule is Cc1ccc(-n2ncc3c(COc4ccccc4CC(=O)O)cc(-c4cccc(C(N)CO)c4)cc32)cc1. The number of aryl methyl sites for hydroxylation is 1. The van der Waals surface area contributed by atoms with Crippen molar-refractivity contribution in [3.8, 4) is 22.6 Å². The zero-order valence-corrected chi connectivity index (χ0v) is 21.0. The Hall–Kier alpha value is -4.46. The molecule has 0 bridgehead atoms. The van der Waals surface area contributed by atoms with Crippen LogP contribution in [-0.4, -0.2) is 32.6 Å². The van der Waals surface area contributed by atoms with E-state index < -0.39 is 12.0 Å². The fourth-order valence-corrected chi connectivity index (χ4v) is 4.54. The molecular weight excluding hydrogens is 478 g/mol. The lowest BCUT2D eigenvalue weighted by molar-refractivity contribution is -0.136. The van der Waals surface area contributed by atoms with E-state index in [2.05, 4.69) is 24.3 Å². The standard InChI is InChI=1S/C31H29N3O4/c1-20-9-11-26(12-10-20)34-29-15-24(21-6-4-7-22(13-21)28(32)18-35)14-25(27(29)17-33-34)19-38-30-8-3-2-5-23(30)16-31(36)37/h2-15,17,28,35H,16,18-19,32H2,1H3,(H,36,37). The Morgan fingerprint density at radius 3 is 2.53 bits per heavy atom. The van der Waals surface area contributed by atoms with E-state index in [0.29, 0.717) is 11.3 Å². The number of aliphatic hydroxyl groups is 1. The maximum Gasteiger partial charge on any atom is 0.307 e. The van der Waals surface area contributed by atoms with E-state index >= 15 is 0 Å². The minimum Gasteiger partial charge on any atom is -0.489 e. The molecule has 0 radical (unpaired) electrons. The van der Waals surface area contributed by atoms with Crippen molar-refractivity contribution < 1.29 is 19.7 Å². The summed E-state index contributed by atoms with van der Waals surface area (Å²) < 4.78 is 8.09. The Bertz CT molecular complexity index is 1590. The third kappa shape index (κ3) is 5.29. The zero-order valence-electron chi connectivity index (χ0n) is 21.0. The second-order valence-corrected chi connectivity index (χ2v) is 9.34. The van der Waals surface area contributed by atoms with Gasteiger partial charge in [-0.15, -0.1) is 0 Å². The van der Waals surface area contributed by atoms with Gasteiger partial charge in [-0.25, -0.2) is 4.68 Å². The fraction of sp³-hybridized carbons (Fsp3) is 0.161. The lowest BCUT2D eigenvalue weighted by Gasteiger charge is -2.14. The van der Waals surface area contributed by atoms with E-state index in [1.165, 1.54) is 0 Å². The summed E-state index contributed by atoms with van der Waals surface area (Å²) in [4.78, 5) is 11.3. The number of benzene rings is 4. The number of aliphatic hydroxyl groups excluding tert-OH is 1. The highest BCUT2D eigenvalue weighted by Crippen LogP contribution is 2.32. The topological polar surface area (TPSA) is 111 Å². The first-order valence-corrected chi connectivity index (χ1v) is 12.4. The van der Waals surface area contributed by atoms with Gasteiger partial charge < -0.3 is 20.7 Å². The summed E-state index contributed by atoms with van der Waals surface area (Å²) in [6, 6.07) is 26.9. The van der Waals surface area contributed by atoms with Crippen LogP contribution < -0.4 is 10.5 Å². The molecule has 0 fully saturated rings. The molecule has 5 rings (SSSR count). The van der Waals surface area contributed by atoms with Crippen LogP contribution in [0.5, 0.6) is 5.75 Å². The average molecular weight is 508 g/mol. The number of fused-ring (bicyclic) bond motifs is 1. The Kier molecular flexibility index (Phi) is 7.22. The van der Waals surface area contributed by atoms with Gasteiger partial charge in [0.15, 0.2) is 0 Å². The molecule has 0 spiro atoms. The summed E-state index contributed by atoms with van der Waals surface area (Å²) in [5.41, 5.74) is 13.4. The number of aliphatic carboxylic acids is 1. The molecule has 4 N–H and O–H groups in total. The minimum atomic E-state index is -0.911. The molecule has 7 nitrogen and oxygen atoms in total. The van der Waals surface area contributed by atoms with Gasteiger partial charge >= 0.3 is 5.97 Å². The van der Waals surface area contributed by atoms with E-state index in [4.69, 9.17) is 15.6 Å². The lowest BCUT2D eigenvalue weighted by atomic mass is 9.97. The molecule has 0 aliphatic carbocycles. The number of hydrogen-bond acceptors (Lipinski definition) is 5. The third-order valence-corrected chi connectivity index (χ3v) is 6.60. The molecule has 0 saturated heterocycles. The van der Waals surface area contributed by atoms with Crippen molar-refractivity contribution in [1.29, 1.82) is 0 Å². The van der Waals surface area contributed by atoms with Crippen LogP contribution in [0, 0.1) is 6.92 Å². The molecule has 4 aromatic carbocycles. The van der Waals surface area contributed by atoms with Gasteiger partial charge in [0.05, 0.1) is 36.5 Å². The molecule has 5 aromatic rings. The lowest BCUT2D eigenvalue weighted by Crippen LogP contribution is -2.14. The fourth-order valence-electron chi connectivity index (χ4n) is 4.54. The third-order valence-electron chi connectivity index (χ3n) is 6.60. The number of para-hydroxylation sites is 1. The maximum absolute atomic E-state index is 11.3. The van der Waals surface area contributed by atoms with E-state index in [0.717, 1.165) is 44.4 Å². The summed E-state index contributed by atoms with van der Waals surface area (Å²) in [6.45, 7) is 2.14. The highest BCUT2D eigenvalue weighted by Gasteiger charge is 2.15. The number of nitrogens with two attached hydrogens (primary N) is 1. The molecular formula is C31H29N3O4. The van der Waals surface area contributed by atoms with E-state index in [-0.39, 0.29) is 19.6 Å². The van der Waals surface area contributed by atoms with Crippen molar-refractivity contribution >= 4 is 16.9 Å². The van der Waals surface area contributed by atoms with E-state index in [1.807, 2.05) is 60.3 Å². The maximum atomic E-state index is 11.3. The van der Waals surface area contributed by atoms with Gasteiger partial charge in [0.2, 0.25) is 0 Å². The Balaban J connectivity index is 1.60. The Labute approximate surface area is 220 Å². The predicted molar refractivity (Wildman–Crippen MR) is 147 cm³/mol. The summed E-state index contributed by atoms with van der Waals surface area (Å²) in [7, 11) is 0. The summed E-state index contributed by atoms with van der Waals surface area (Å²) >= 11 is 0. The van der Waals surface area contributed by atoms with E-state index in [1.54, 1.807) is 18.2 Å². The van der Waals surface area contributed by atoms with Crippen molar-refractivity contribution in [2.24, 2.45) is 5.73 Å². The first kappa shape index (κ1) is 25.2. The van der Waals surface area contributed by atoms with Crippen LogP contribution in [-0.2, 0) is 17.8 Å². The van der Waals surface area contributed by atoms with Crippen LogP contribution in [0.4, 0.5) is 0 Å². The van der Waals surface area contributed by atoms with Crippen LogP contribution in [0.2, 0.25) is 0 Å². The number of rotatable bonds is 9. The molecule has 7 heteroatoms. The highest BCUT2D eigenvalue weighted by atomic mass is 16.5. The molecule has 0 amide bonds. The monoisotopic (exact) mass is 507 g/mol. The normalized spacial score (nSPS) is 12.0. The molecule has 38 heavy (non-hydrogen) atoms. The van der Waals surface area contributed by atoms with Gasteiger partial charge in [-0.3, -0.25) is 4.79 Å². The molecule has 1 aromatic heterocycles. The molecule has 1 heterocycles. The first-order valence-electron chi connectivity index (χ1n) is 12.4. The molecule has 1 atom stereocenters. The number of carboxylic acid groups (broad SMARTS) is 1. The van der Waals surface area contributed by atoms with Crippen LogP contribution in [0.1, 0.15) is 28.3 Å². The molecule has 0 aliphatic heterocycles. The summed E-state index contributed by atoms with van der Waals surface area (Å²) in [6.07, 6.45) is 1.72. The quantitative estimate of drug-likeness (QED) is 0.253. The van der Waals surface area contributed by atoms with Crippen molar-refractivity contribution in [3.63, 3.8) is 0 Å². The number of ether oxygens (including phenoxy) is 1. The van der Waals surface area contributed by atoms with Crippen molar-refractivity contribution in [3.05, 3.63) is 113 Å². The summed E-state index contributed by atoms with van der Waals surface area (Å²) in [5.74, 6) is -0.374. The van der Waals surface area contributed by atoms with Gasteiger partial charge in [-0.1, -0.05) is 54.1 Å².